The largest absolute Gasteiger partial charge is 0.307 e. The molecule has 104 valence electrons. The molecule has 0 aliphatic heterocycles. The molecule has 2 heterocycles. The molecule has 0 saturated heterocycles. The van der Waals surface area contributed by atoms with E-state index in [1.165, 1.54) is 12.1 Å². The van der Waals surface area contributed by atoms with Gasteiger partial charge in [-0.05, 0) is 43.2 Å². The quantitative estimate of drug-likeness (QED) is 0.736. The highest BCUT2D eigenvalue weighted by Gasteiger charge is 2.32. The summed E-state index contributed by atoms with van der Waals surface area (Å²) in [6.07, 6.45) is 5.58. The van der Waals surface area contributed by atoms with Gasteiger partial charge in [-0.25, -0.2) is 14.4 Å². The van der Waals surface area contributed by atoms with Crippen molar-refractivity contribution >= 4 is 22.7 Å². The van der Waals surface area contributed by atoms with Gasteiger partial charge in [0.15, 0.2) is 0 Å². The molecule has 4 nitrogen and oxygen atoms in total. The zero-order valence-corrected chi connectivity index (χ0v) is 11.3. The molecule has 0 spiro atoms. The third-order valence-electron chi connectivity index (χ3n) is 3.55. The van der Waals surface area contributed by atoms with Crippen LogP contribution in [-0.4, -0.2) is 21.0 Å². The van der Waals surface area contributed by atoms with E-state index >= 15 is 0 Å². The molecule has 0 bridgehead atoms. The van der Waals surface area contributed by atoms with E-state index in [2.05, 4.69) is 15.0 Å². The van der Waals surface area contributed by atoms with Gasteiger partial charge in [0.2, 0.25) is 5.95 Å². The van der Waals surface area contributed by atoms with Gasteiger partial charge >= 0.3 is 0 Å². The Bertz CT molecular complexity index is 801. The number of nitrogens with zero attached hydrogens (tertiary/aromatic N) is 4. The SMILES string of the molecule is Fc1cccc(N(c2ncc3ncccc3n2)C2CC2)c1. The molecule has 21 heavy (non-hydrogen) atoms. The number of hydrogen-bond acceptors (Lipinski definition) is 4. The van der Waals surface area contributed by atoms with Crippen molar-refractivity contribution in [2.24, 2.45) is 0 Å². The lowest BCUT2D eigenvalue weighted by Gasteiger charge is -2.22. The molecule has 0 amide bonds. The summed E-state index contributed by atoms with van der Waals surface area (Å²) in [5.41, 5.74) is 2.35. The Labute approximate surface area is 121 Å². The van der Waals surface area contributed by atoms with E-state index in [9.17, 15) is 4.39 Å². The van der Waals surface area contributed by atoms with Gasteiger partial charge in [-0.1, -0.05) is 6.07 Å². The van der Waals surface area contributed by atoms with E-state index in [0.29, 0.717) is 12.0 Å². The maximum Gasteiger partial charge on any atom is 0.230 e. The highest BCUT2D eigenvalue weighted by atomic mass is 19.1. The monoisotopic (exact) mass is 280 g/mol. The smallest absolute Gasteiger partial charge is 0.230 e. The number of aromatic nitrogens is 3. The third-order valence-corrected chi connectivity index (χ3v) is 3.55. The molecule has 0 unspecified atom stereocenters. The molecule has 3 aromatic rings. The molecule has 2 aromatic heterocycles. The molecule has 1 aliphatic rings. The Kier molecular flexibility index (Phi) is 2.77. The lowest BCUT2D eigenvalue weighted by Crippen LogP contribution is -2.22. The molecule has 4 rings (SSSR count). The molecule has 0 N–H and O–H groups in total. The Morgan fingerprint density at radius 3 is 2.76 bits per heavy atom. The standard InChI is InChI=1S/C16H13FN4/c17-11-3-1-4-13(9-11)21(12-6-7-12)16-19-10-15-14(20-16)5-2-8-18-15/h1-5,8-10,12H,6-7H2. The average Bonchev–Trinajstić information content (AvgIpc) is 3.32. The first kappa shape index (κ1) is 12.2. The van der Waals surface area contributed by atoms with Crippen LogP contribution in [0.5, 0.6) is 0 Å². The first-order valence-corrected chi connectivity index (χ1v) is 6.94. The highest BCUT2D eigenvalue weighted by molar-refractivity contribution is 5.75. The molecule has 1 aromatic carbocycles. The summed E-state index contributed by atoms with van der Waals surface area (Å²) < 4.78 is 13.5. The summed E-state index contributed by atoms with van der Waals surface area (Å²) in [5, 5.41) is 0. The van der Waals surface area contributed by atoms with Gasteiger partial charge in [0.05, 0.1) is 11.7 Å². The number of rotatable bonds is 3. The highest BCUT2D eigenvalue weighted by Crippen LogP contribution is 2.36. The van der Waals surface area contributed by atoms with Gasteiger partial charge in [-0.3, -0.25) is 4.98 Å². The van der Waals surface area contributed by atoms with Gasteiger partial charge < -0.3 is 4.90 Å². The third kappa shape index (κ3) is 2.31. The molecular weight excluding hydrogens is 267 g/mol. The van der Waals surface area contributed by atoms with Crippen molar-refractivity contribution in [1.82, 2.24) is 15.0 Å². The van der Waals surface area contributed by atoms with Crippen molar-refractivity contribution in [3.63, 3.8) is 0 Å². The van der Waals surface area contributed by atoms with Gasteiger partial charge in [0, 0.05) is 17.9 Å². The lowest BCUT2D eigenvalue weighted by atomic mass is 10.2. The normalized spacial score (nSPS) is 14.3. The van der Waals surface area contributed by atoms with E-state index < -0.39 is 0 Å². The van der Waals surface area contributed by atoms with Crippen LogP contribution in [0.1, 0.15) is 12.8 Å². The first-order chi connectivity index (χ1) is 10.3. The number of hydrogen-bond donors (Lipinski definition) is 0. The van der Waals surface area contributed by atoms with Crippen LogP contribution in [0.3, 0.4) is 0 Å². The van der Waals surface area contributed by atoms with E-state index in [1.54, 1.807) is 18.5 Å². The lowest BCUT2D eigenvalue weighted by molar-refractivity contribution is 0.627. The molecule has 5 heteroatoms. The van der Waals surface area contributed by atoms with Crippen molar-refractivity contribution in [1.29, 1.82) is 0 Å². The second kappa shape index (κ2) is 4.77. The number of pyridine rings is 1. The van der Waals surface area contributed by atoms with Crippen LogP contribution in [0.15, 0.2) is 48.8 Å². The Hall–Kier alpha value is -2.56. The minimum atomic E-state index is -0.249. The summed E-state index contributed by atoms with van der Waals surface area (Å²) in [7, 11) is 0. The van der Waals surface area contributed by atoms with Crippen LogP contribution in [0, 0.1) is 5.82 Å². The topological polar surface area (TPSA) is 41.9 Å². The number of halogens is 1. The van der Waals surface area contributed by atoms with Crippen LogP contribution in [0.4, 0.5) is 16.0 Å². The fourth-order valence-corrected chi connectivity index (χ4v) is 2.42. The summed E-state index contributed by atoms with van der Waals surface area (Å²) in [5.74, 6) is 0.351. The number of anilines is 2. The first-order valence-electron chi connectivity index (χ1n) is 6.94. The van der Waals surface area contributed by atoms with Crippen molar-refractivity contribution < 1.29 is 4.39 Å². The van der Waals surface area contributed by atoms with E-state index in [4.69, 9.17) is 0 Å². The zero-order chi connectivity index (χ0) is 14.2. The molecular formula is C16H13FN4. The van der Waals surface area contributed by atoms with Gasteiger partial charge in [-0.2, -0.15) is 0 Å². The maximum atomic E-state index is 13.5. The van der Waals surface area contributed by atoms with Crippen LogP contribution >= 0.6 is 0 Å². The molecule has 1 saturated carbocycles. The Morgan fingerprint density at radius 1 is 1.05 bits per heavy atom. The second-order valence-corrected chi connectivity index (χ2v) is 5.16. The number of fused-ring (bicyclic) bond motifs is 1. The minimum Gasteiger partial charge on any atom is -0.307 e. The van der Waals surface area contributed by atoms with Crippen molar-refractivity contribution in [3.8, 4) is 0 Å². The van der Waals surface area contributed by atoms with Crippen molar-refractivity contribution in [3.05, 3.63) is 54.6 Å². The molecule has 0 atom stereocenters. The van der Waals surface area contributed by atoms with Crippen molar-refractivity contribution in [2.45, 2.75) is 18.9 Å². The van der Waals surface area contributed by atoms with Crippen molar-refractivity contribution in [2.75, 3.05) is 4.90 Å². The molecule has 0 radical (unpaired) electrons. The van der Waals surface area contributed by atoms with Crippen LogP contribution in [-0.2, 0) is 0 Å². The van der Waals surface area contributed by atoms with E-state index in [-0.39, 0.29) is 5.82 Å². The second-order valence-electron chi connectivity index (χ2n) is 5.16. The summed E-state index contributed by atoms with van der Waals surface area (Å²) in [4.78, 5) is 15.2. The maximum absolute atomic E-state index is 13.5. The fraction of sp³-hybridized carbons (Fsp3) is 0.188. The van der Waals surface area contributed by atoms with Crippen LogP contribution < -0.4 is 4.90 Å². The van der Waals surface area contributed by atoms with E-state index in [0.717, 1.165) is 29.6 Å². The minimum absolute atomic E-state index is 0.249. The van der Waals surface area contributed by atoms with Gasteiger partial charge in [-0.15, -0.1) is 0 Å². The van der Waals surface area contributed by atoms with Crippen LogP contribution in [0.25, 0.3) is 11.0 Å². The summed E-state index contributed by atoms with van der Waals surface area (Å²) >= 11 is 0. The number of benzene rings is 1. The average molecular weight is 280 g/mol. The predicted molar refractivity (Wildman–Crippen MR) is 78.9 cm³/mol. The fourth-order valence-electron chi connectivity index (χ4n) is 2.42. The Balaban J connectivity index is 1.82. The Morgan fingerprint density at radius 2 is 1.95 bits per heavy atom. The van der Waals surface area contributed by atoms with Gasteiger partial charge in [0.25, 0.3) is 0 Å². The predicted octanol–water partition coefficient (Wildman–Crippen LogP) is 3.46. The summed E-state index contributed by atoms with van der Waals surface area (Å²) in [6.45, 7) is 0. The molecule has 1 fully saturated rings. The zero-order valence-electron chi connectivity index (χ0n) is 11.3. The van der Waals surface area contributed by atoms with Crippen LogP contribution in [0.2, 0.25) is 0 Å². The van der Waals surface area contributed by atoms with E-state index in [1.807, 2.05) is 23.1 Å². The molecule has 1 aliphatic carbocycles. The van der Waals surface area contributed by atoms with Gasteiger partial charge in [0.1, 0.15) is 11.3 Å². The summed E-state index contributed by atoms with van der Waals surface area (Å²) in [6, 6.07) is 10.7.